The molecule has 1 saturated heterocycles. The molecule has 1 heterocycles. The smallest absolute Gasteiger partial charge is 0.252 e. The fourth-order valence-corrected chi connectivity index (χ4v) is 5.56. The number of nitrogens with zero attached hydrogens (tertiary/aromatic N) is 2. The number of imide groups is 1. The Morgan fingerprint density at radius 3 is 2.11 bits per heavy atom. The lowest BCUT2D eigenvalue weighted by Crippen LogP contribution is -2.54. The van der Waals surface area contributed by atoms with Crippen molar-refractivity contribution < 1.29 is 18.0 Å². The number of rotatable bonds is 4. The van der Waals surface area contributed by atoms with Gasteiger partial charge in [0.2, 0.25) is 15.9 Å². The van der Waals surface area contributed by atoms with E-state index in [1.807, 2.05) is 0 Å². The Labute approximate surface area is 173 Å². The second-order valence-corrected chi connectivity index (χ2v) is 10.3. The van der Waals surface area contributed by atoms with Gasteiger partial charge in [0.25, 0.3) is 5.91 Å². The summed E-state index contributed by atoms with van der Waals surface area (Å²) in [5.74, 6) is -0.951. The van der Waals surface area contributed by atoms with E-state index in [9.17, 15) is 18.0 Å². The fourth-order valence-electron chi connectivity index (χ4n) is 3.36. The summed E-state index contributed by atoms with van der Waals surface area (Å²) in [6, 6.07) is 13.7. The summed E-state index contributed by atoms with van der Waals surface area (Å²) in [5.41, 5.74) is -0.464. The van der Waals surface area contributed by atoms with Gasteiger partial charge >= 0.3 is 0 Å². The zero-order valence-corrected chi connectivity index (χ0v) is 18.2. The van der Waals surface area contributed by atoms with Crippen LogP contribution in [-0.4, -0.2) is 36.1 Å². The molecule has 1 aliphatic heterocycles. The molecule has 2 aromatic rings. The van der Waals surface area contributed by atoms with Gasteiger partial charge in [0.1, 0.15) is 6.04 Å². The van der Waals surface area contributed by atoms with Crippen LogP contribution in [0.15, 0.2) is 64.0 Å². The topological polar surface area (TPSA) is 74.8 Å². The first-order valence-electron chi connectivity index (χ1n) is 8.75. The van der Waals surface area contributed by atoms with E-state index in [2.05, 4.69) is 15.9 Å². The number of hydrogen-bond donors (Lipinski definition) is 0. The minimum absolute atomic E-state index is 0.0732. The van der Waals surface area contributed by atoms with E-state index < -0.39 is 33.4 Å². The van der Waals surface area contributed by atoms with Gasteiger partial charge in [-0.1, -0.05) is 34.1 Å². The number of sulfonamides is 1. The molecular weight excluding hydrogens is 444 g/mol. The van der Waals surface area contributed by atoms with E-state index >= 15 is 0 Å². The fraction of sp³-hybridized carbons (Fsp3) is 0.300. The molecular formula is C20H21BrN2O4S. The first-order chi connectivity index (χ1) is 13.0. The van der Waals surface area contributed by atoms with Crippen LogP contribution in [0.5, 0.6) is 0 Å². The highest BCUT2D eigenvalue weighted by atomic mass is 79.9. The first kappa shape index (κ1) is 20.7. The second kappa shape index (κ2) is 7.42. The SMILES string of the molecule is CC(C)(C)N(C1CC(=O)N(c2ccccc2)C1=O)S(=O)(=O)c1ccc(Br)cc1. The molecule has 2 aromatic carbocycles. The molecule has 8 heteroatoms. The summed E-state index contributed by atoms with van der Waals surface area (Å²) >= 11 is 3.29. The van der Waals surface area contributed by atoms with E-state index in [-0.39, 0.29) is 11.3 Å². The van der Waals surface area contributed by atoms with Crippen molar-refractivity contribution in [1.29, 1.82) is 0 Å². The van der Waals surface area contributed by atoms with Crippen LogP contribution in [0.2, 0.25) is 0 Å². The number of halogens is 1. The highest BCUT2D eigenvalue weighted by Gasteiger charge is 2.50. The zero-order chi connectivity index (χ0) is 20.7. The normalized spacial score (nSPS) is 18.2. The average Bonchev–Trinajstić information content (AvgIpc) is 2.88. The number of amides is 2. The van der Waals surface area contributed by atoms with Crippen LogP contribution in [0.3, 0.4) is 0 Å². The molecule has 0 saturated carbocycles. The van der Waals surface area contributed by atoms with E-state index in [0.29, 0.717) is 5.69 Å². The van der Waals surface area contributed by atoms with Crippen molar-refractivity contribution >= 4 is 43.5 Å². The third kappa shape index (κ3) is 3.76. The molecule has 1 fully saturated rings. The lowest BCUT2D eigenvalue weighted by atomic mass is 10.1. The summed E-state index contributed by atoms with van der Waals surface area (Å²) in [5, 5.41) is 0. The van der Waals surface area contributed by atoms with Crippen LogP contribution >= 0.6 is 15.9 Å². The molecule has 1 unspecified atom stereocenters. The molecule has 2 amide bonds. The maximum Gasteiger partial charge on any atom is 0.252 e. The zero-order valence-electron chi connectivity index (χ0n) is 15.8. The third-order valence-electron chi connectivity index (χ3n) is 4.45. The van der Waals surface area contributed by atoms with E-state index in [0.717, 1.165) is 13.7 Å². The monoisotopic (exact) mass is 464 g/mol. The van der Waals surface area contributed by atoms with E-state index in [4.69, 9.17) is 0 Å². The van der Waals surface area contributed by atoms with Crippen LogP contribution in [0.1, 0.15) is 27.2 Å². The second-order valence-electron chi connectivity index (χ2n) is 7.55. The molecule has 6 nitrogen and oxygen atoms in total. The Morgan fingerprint density at radius 1 is 1.00 bits per heavy atom. The molecule has 0 radical (unpaired) electrons. The highest BCUT2D eigenvalue weighted by molar-refractivity contribution is 9.10. The molecule has 0 spiro atoms. The largest absolute Gasteiger partial charge is 0.274 e. The Balaban J connectivity index is 2.05. The van der Waals surface area contributed by atoms with Crippen LogP contribution < -0.4 is 4.90 Å². The van der Waals surface area contributed by atoms with Crippen LogP contribution in [0.4, 0.5) is 5.69 Å². The van der Waals surface area contributed by atoms with Gasteiger partial charge in [-0.2, -0.15) is 4.31 Å². The number of para-hydroxylation sites is 1. The number of anilines is 1. The average molecular weight is 465 g/mol. The molecule has 0 N–H and O–H groups in total. The van der Waals surface area contributed by atoms with Crippen LogP contribution in [-0.2, 0) is 19.6 Å². The Morgan fingerprint density at radius 2 is 1.57 bits per heavy atom. The van der Waals surface area contributed by atoms with Crippen LogP contribution in [0, 0.1) is 0 Å². The molecule has 148 valence electrons. The van der Waals surface area contributed by atoms with Crippen molar-refractivity contribution in [3.63, 3.8) is 0 Å². The molecule has 1 aliphatic rings. The minimum Gasteiger partial charge on any atom is -0.274 e. The summed E-state index contributed by atoms with van der Waals surface area (Å²) in [4.78, 5) is 26.9. The van der Waals surface area contributed by atoms with Gasteiger partial charge in [-0.3, -0.25) is 9.59 Å². The molecule has 3 rings (SSSR count). The van der Waals surface area contributed by atoms with Gasteiger partial charge in [0.15, 0.2) is 0 Å². The van der Waals surface area contributed by atoms with Crippen molar-refractivity contribution in [2.75, 3.05) is 4.90 Å². The predicted molar refractivity (Wildman–Crippen MR) is 110 cm³/mol. The Bertz CT molecular complexity index is 999. The maximum absolute atomic E-state index is 13.4. The molecule has 0 aliphatic carbocycles. The molecule has 0 bridgehead atoms. The van der Waals surface area contributed by atoms with E-state index in [1.165, 1.54) is 12.1 Å². The van der Waals surface area contributed by atoms with Crippen molar-refractivity contribution in [3.05, 3.63) is 59.1 Å². The van der Waals surface area contributed by atoms with Crippen molar-refractivity contribution in [2.24, 2.45) is 0 Å². The Hall–Kier alpha value is -2.03. The quantitative estimate of drug-likeness (QED) is 0.648. The highest BCUT2D eigenvalue weighted by Crippen LogP contribution is 2.34. The van der Waals surface area contributed by atoms with Gasteiger partial charge in [0, 0.05) is 10.0 Å². The number of hydrogen-bond acceptors (Lipinski definition) is 4. The first-order valence-corrected chi connectivity index (χ1v) is 11.0. The van der Waals surface area contributed by atoms with Crippen molar-refractivity contribution in [3.8, 4) is 0 Å². The summed E-state index contributed by atoms with van der Waals surface area (Å²) < 4.78 is 28.7. The number of carbonyl (C=O) groups excluding carboxylic acids is 2. The summed E-state index contributed by atoms with van der Waals surface area (Å²) in [7, 11) is -4.01. The predicted octanol–water partition coefficient (Wildman–Crippen LogP) is 3.57. The number of carbonyl (C=O) groups is 2. The Kier molecular flexibility index (Phi) is 5.49. The molecule has 28 heavy (non-hydrogen) atoms. The van der Waals surface area contributed by atoms with Crippen molar-refractivity contribution in [1.82, 2.24) is 4.31 Å². The van der Waals surface area contributed by atoms with Gasteiger partial charge in [0.05, 0.1) is 17.0 Å². The van der Waals surface area contributed by atoms with Crippen LogP contribution in [0.25, 0.3) is 0 Å². The van der Waals surface area contributed by atoms with E-state index in [1.54, 1.807) is 63.2 Å². The maximum atomic E-state index is 13.4. The molecule has 1 atom stereocenters. The van der Waals surface area contributed by atoms with Crippen molar-refractivity contribution in [2.45, 2.75) is 43.7 Å². The molecule has 0 aromatic heterocycles. The lowest BCUT2D eigenvalue weighted by Gasteiger charge is -2.37. The standard InChI is InChI=1S/C20H21BrN2O4S/c1-20(2,3)23(28(26,27)16-11-9-14(21)10-12-16)17-13-18(24)22(19(17)25)15-7-5-4-6-8-15/h4-12,17H,13H2,1-3H3. The van der Waals surface area contributed by atoms with Gasteiger partial charge in [-0.25, -0.2) is 13.3 Å². The van der Waals surface area contributed by atoms with Gasteiger partial charge in [-0.05, 0) is 57.2 Å². The lowest BCUT2D eigenvalue weighted by molar-refractivity contribution is -0.122. The summed E-state index contributed by atoms with van der Waals surface area (Å²) in [6.45, 7) is 5.14. The van der Waals surface area contributed by atoms with Gasteiger partial charge < -0.3 is 0 Å². The third-order valence-corrected chi connectivity index (χ3v) is 7.17. The van der Waals surface area contributed by atoms with Gasteiger partial charge in [-0.15, -0.1) is 0 Å². The summed E-state index contributed by atoms with van der Waals surface area (Å²) in [6.07, 6.45) is -0.194. The number of benzene rings is 2. The minimum atomic E-state index is -4.01.